The molecule has 3 heterocycles. The second-order valence-corrected chi connectivity index (χ2v) is 4.44. The van der Waals surface area contributed by atoms with Gasteiger partial charge in [0, 0.05) is 38.0 Å². The first-order valence-electron chi connectivity index (χ1n) is 5.65. The van der Waals surface area contributed by atoms with E-state index >= 15 is 0 Å². The molecule has 1 aromatic heterocycles. The minimum absolute atomic E-state index is 0.158. The van der Waals surface area contributed by atoms with Gasteiger partial charge < -0.3 is 9.88 Å². The van der Waals surface area contributed by atoms with Crippen LogP contribution in [0.3, 0.4) is 0 Å². The van der Waals surface area contributed by atoms with Gasteiger partial charge in [-0.2, -0.15) is 0 Å². The molecule has 1 fully saturated rings. The van der Waals surface area contributed by atoms with E-state index < -0.39 is 0 Å². The first kappa shape index (κ1) is 8.95. The highest BCUT2D eigenvalue weighted by Crippen LogP contribution is 2.24. The Labute approximate surface area is 88.7 Å². The SMILES string of the molecule is O=C1CC(c2cn3c(n2)CCCC3)CN1. The molecule has 2 aliphatic heterocycles. The minimum atomic E-state index is 0.158. The number of hydrogen-bond acceptors (Lipinski definition) is 2. The number of hydrogen-bond donors (Lipinski definition) is 1. The van der Waals surface area contributed by atoms with Crippen molar-refractivity contribution in [1.29, 1.82) is 0 Å². The zero-order valence-corrected chi connectivity index (χ0v) is 8.70. The Morgan fingerprint density at radius 2 is 2.40 bits per heavy atom. The maximum absolute atomic E-state index is 11.1. The lowest BCUT2D eigenvalue weighted by atomic mass is 10.1. The Balaban J connectivity index is 1.86. The molecule has 4 nitrogen and oxygen atoms in total. The van der Waals surface area contributed by atoms with Crippen LogP contribution in [0.1, 0.15) is 36.7 Å². The summed E-state index contributed by atoms with van der Waals surface area (Å²) in [4.78, 5) is 15.8. The van der Waals surface area contributed by atoms with Gasteiger partial charge in [0.05, 0.1) is 5.69 Å². The van der Waals surface area contributed by atoms with E-state index in [2.05, 4.69) is 21.1 Å². The van der Waals surface area contributed by atoms with Crippen molar-refractivity contribution < 1.29 is 4.79 Å². The van der Waals surface area contributed by atoms with Crippen molar-refractivity contribution in [1.82, 2.24) is 14.9 Å². The van der Waals surface area contributed by atoms with Crippen molar-refractivity contribution in [2.24, 2.45) is 0 Å². The predicted octanol–water partition coefficient (Wildman–Crippen LogP) is 0.823. The van der Waals surface area contributed by atoms with E-state index in [1.165, 1.54) is 18.7 Å². The molecule has 2 aliphatic rings. The number of amides is 1. The smallest absolute Gasteiger partial charge is 0.220 e. The maximum atomic E-state index is 11.1. The lowest BCUT2D eigenvalue weighted by molar-refractivity contribution is -0.119. The Hall–Kier alpha value is -1.32. The fourth-order valence-corrected chi connectivity index (χ4v) is 2.45. The summed E-state index contributed by atoms with van der Waals surface area (Å²) in [5.41, 5.74) is 1.10. The topological polar surface area (TPSA) is 46.9 Å². The van der Waals surface area contributed by atoms with E-state index in [0.29, 0.717) is 12.3 Å². The van der Waals surface area contributed by atoms with Gasteiger partial charge in [0.2, 0.25) is 5.91 Å². The van der Waals surface area contributed by atoms with Gasteiger partial charge in [-0.1, -0.05) is 0 Å². The number of rotatable bonds is 1. The highest BCUT2D eigenvalue weighted by molar-refractivity contribution is 5.79. The second kappa shape index (κ2) is 3.36. The zero-order chi connectivity index (χ0) is 10.3. The lowest BCUT2D eigenvalue weighted by Crippen LogP contribution is -2.13. The zero-order valence-electron chi connectivity index (χ0n) is 8.70. The average molecular weight is 205 g/mol. The van der Waals surface area contributed by atoms with Crippen LogP contribution in [0.4, 0.5) is 0 Å². The lowest BCUT2D eigenvalue weighted by Gasteiger charge is -2.11. The number of fused-ring (bicyclic) bond motifs is 1. The summed E-state index contributed by atoms with van der Waals surface area (Å²) in [6.45, 7) is 1.85. The monoisotopic (exact) mass is 205 g/mol. The van der Waals surface area contributed by atoms with Crippen molar-refractivity contribution in [3.8, 4) is 0 Å². The number of imidazole rings is 1. The molecular weight excluding hydrogens is 190 g/mol. The number of nitrogens with one attached hydrogen (secondary N) is 1. The summed E-state index contributed by atoms with van der Waals surface area (Å²) >= 11 is 0. The molecule has 4 heteroatoms. The summed E-state index contributed by atoms with van der Waals surface area (Å²) in [7, 11) is 0. The molecule has 0 saturated carbocycles. The molecule has 1 saturated heterocycles. The molecule has 0 bridgehead atoms. The molecule has 15 heavy (non-hydrogen) atoms. The third-order valence-corrected chi connectivity index (χ3v) is 3.32. The molecule has 1 aromatic rings. The summed E-state index contributed by atoms with van der Waals surface area (Å²) in [6.07, 6.45) is 6.34. The largest absolute Gasteiger partial charge is 0.355 e. The number of carbonyl (C=O) groups excluding carboxylic acids is 1. The molecule has 1 unspecified atom stereocenters. The van der Waals surface area contributed by atoms with Gasteiger partial charge in [-0.3, -0.25) is 4.79 Å². The third-order valence-electron chi connectivity index (χ3n) is 3.32. The first-order chi connectivity index (χ1) is 7.33. The van der Waals surface area contributed by atoms with Gasteiger partial charge in [0.1, 0.15) is 5.82 Å². The molecule has 1 N–H and O–H groups in total. The standard InChI is InChI=1S/C11H15N3O/c15-11-5-8(6-12-11)9-7-14-4-2-1-3-10(14)13-9/h7-8H,1-6H2,(H,12,15). The van der Waals surface area contributed by atoms with Crippen molar-refractivity contribution in [2.75, 3.05) is 6.54 Å². The van der Waals surface area contributed by atoms with Gasteiger partial charge in [-0.05, 0) is 12.8 Å². The van der Waals surface area contributed by atoms with Crippen molar-refractivity contribution in [3.05, 3.63) is 17.7 Å². The van der Waals surface area contributed by atoms with E-state index in [0.717, 1.165) is 25.2 Å². The number of aromatic nitrogens is 2. The predicted molar refractivity (Wildman–Crippen MR) is 55.5 cm³/mol. The molecule has 3 rings (SSSR count). The fourth-order valence-electron chi connectivity index (χ4n) is 2.45. The Bertz CT molecular complexity index is 373. The normalized spacial score (nSPS) is 25.1. The fraction of sp³-hybridized carbons (Fsp3) is 0.636. The molecule has 1 atom stereocenters. The van der Waals surface area contributed by atoms with E-state index in [-0.39, 0.29) is 5.91 Å². The van der Waals surface area contributed by atoms with Gasteiger partial charge >= 0.3 is 0 Å². The molecule has 0 aliphatic carbocycles. The van der Waals surface area contributed by atoms with Gasteiger partial charge in [0.25, 0.3) is 0 Å². The summed E-state index contributed by atoms with van der Waals surface area (Å²) in [6, 6.07) is 0. The van der Waals surface area contributed by atoms with Crippen molar-refractivity contribution in [2.45, 2.75) is 38.1 Å². The molecule has 1 amide bonds. The van der Waals surface area contributed by atoms with E-state index in [9.17, 15) is 4.79 Å². The van der Waals surface area contributed by atoms with Crippen LogP contribution >= 0.6 is 0 Å². The molecule has 0 aromatic carbocycles. The van der Waals surface area contributed by atoms with E-state index in [1.807, 2.05) is 0 Å². The summed E-state index contributed by atoms with van der Waals surface area (Å²) in [5, 5.41) is 2.86. The third kappa shape index (κ3) is 1.54. The van der Waals surface area contributed by atoms with Crippen LogP contribution < -0.4 is 5.32 Å². The second-order valence-electron chi connectivity index (χ2n) is 4.44. The van der Waals surface area contributed by atoms with Crippen LogP contribution in [0.15, 0.2) is 6.20 Å². The van der Waals surface area contributed by atoms with Crippen LogP contribution in [-0.2, 0) is 17.8 Å². The maximum Gasteiger partial charge on any atom is 0.220 e. The molecular formula is C11H15N3O. The van der Waals surface area contributed by atoms with Crippen LogP contribution in [0, 0.1) is 0 Å². The van der Waals surface area contributed by atoms with Crippen LogP contribution in [-0.4, -0.2) is 22.0 Å². The number of aryl methyl sites for hydroxylation is 2. The van der Waals surface area contributed by atoms with Crippen molar-refractivity contribution >= 4 is 5.91 Å². The van der Waals surface area contributed by atoms with Crippen molar-refractivity contribution in [3.63, 3.8) is 0 Å². The Morgan fingerprint density at radius 1 is 1.47 bits per heavy atom. The highest BCUT2D eigenvalue weighted by Gasteiger charge is 2.26. The van der Waals surface area contributed by atoms with E-state index in [1.54, 1.807) is 0 Å². The van der Waals surface area contributed by atoms with Crippen LogP contribution in [0.2, 0.25) is 0 Å². The molecule has 0 radical (unpaired) electrons. The first-order valence-corrected chi connectivity index (χ1v) is 5.65. The number of carbonyl (C=O) groups is 1. The molecule has 0 spiro atoms. The minimum Gasteiger partial charge on any atom is -0.355 e. The van der Waals surface area contributed by atoms with Gasteiger partial charge in [-0.15, -0.1) is 0 Å². The Kier molecular flexibility index (Phi) is 2.01. The highest BCUT2D eigenvalue weighted by atomic mass is 16.1. The van der Waals surface area contributed by atoms with Crippen LogP contribution in [0.25, 0.3) is 0 Å². The average Bonchev–Trinajstić information content (AvgIpc) is 2.82. The summed E-state index contributed by atoms with van der Waals surface area (Å²) < 4.78 is 2.25. The van der Waals surface area contributed by atoms with E-state index in [4.69, 9.17) is 0 Å². The quantitative estimate of drug-likeness (QED) is 0.738. The number of nitrogens with zero attached hydrogens (tertiary/aromatic N) is 2. The molecule has 80 valence electrons. The van der Waals surface area contributed by atoms with Gasteiger partial charge in [0.15, 0.2) is 0 Å². The van der Waals surface area contributed by atoms with Gasteiger partial charge in [-0.25, -0.2) is 4.98 Å². The summed E-state index contributed by atoms with van der Waals surface area (Å²) in [5.74, 6) is 1.66. The Morgan fingerprint density at radius 3 is 3.13 bits per heavy atom. The van der Waals surface area contributed by atoms with Crippen LogP contribution in [0.5, 0.6) is 0 Å².